The molecule has 2 aromatic rings. The number of rotatable bonds is 5. The average molecular weight is 244 g/mol. The summed E-state index contributed by atoms with van der Waals surface area (Å²) in [6, 6.07) is 8.71. The summed E-state index contributed by atoms with van der Waals surface area (Å²) >= 11 is 0. The van der Waals surface area contributed by atoms with Crippen LogP contribution in [-0.4, -0.2) is 22.2 Å². The molecule has 0 spiro atoms. The van der Waals surface area contributed by atoms with Gasteiger partial charge in [0, 0.05) is 0 Å². The first-order chi connectivity index (χ1) is 8.70. The fourth-order valence-electron chi connectivity index (χ4n) is 2.19. The third-order valence-corrected chi connectivity index (χ3v) is 2.92. The molecule has 0 aliphatic rings. The van der Waals surface area contributed by atoms with Crippen LogP contribution in [0.4, 0.5) is 0 Å². The van der Waals surface area contributed by atoms with Gasteiger partial charge in [-0.1, -0.05) is 38.1 Å². The minimum absolute atomic E-state index is 0.0691. The highest BCUT2D eigenvalue weighted by Crippen LogP contribution is 2.20. The Balaban J connectivity index is 2.26. The summed E-state index contributed by atoms with van der Waals surface area (Å²) < 4.78 is 0. The number of hydrogen-bond acceptors (Lipinski definition) is 3. The average Bonchev–Trinajstić information content (AvgIpc) is 2.83. The van der Waals surface area contributed by atoms with Gasteiger partial charge in [-0.3, -0.25) is 5.10 Å². The molecule has 0 fully saturated rings. The van der Waals surface area contributed by atoms with Crippen molar-refractivity contribution in [1.29, 1.82) is 0 Å². The number of hydrogen-bond donors (Lipinski definition) is 2. The monoisotopic (exact) mass is 244 g/mol. The van der Waals surface area contributed by atoms with Crippen LogP contribution < -0.4 is 5.32 Å². The molecule has 1 atom stereocenters. The van der Waals surface area contributed by atoms with Crippen molar-refractivity contribution < 1.29 is 0 Å². The second-order valence-corrected chi connectivity index (χ2v) is 4.94. The Morgan fingerprint density at radius 2 is 2.17 bits per heavy atom. The van der Waals surface area contributed by atoms with Gasteiger partial charge in [-0.2, -0.15) is 5.10 Å². The summed E-state index contributed by atoms with van der Waals surface area (Å²) in [5.41, 5.74) is 2.58. The molecular weight excluding hydrogens is 224 g/mol. The smallest absolute Gasteiger partial charge is 0.145 e. The number of nitrogens with one attached hydrogen (secondary N) is 2. The zero-order chi connectivity index (χ0) is 13.0. The first kappa shape index (κ1) is 12.8. The van der Waals surface area contributed by atoms with Gasteiger partial charge < -0.3 is 5.32 Å². The maximum absolute atomic E-state index is 4.23. The molecule has 0 aliphatic carbocycles. The summed E-state index contributed by atoms with van der Waals surface area (Å²) in [4.78, 5) is 4.23. The van der Waals surface area contributed by atoms with E-state index in [1.165, 1.54) is 17.5 Å². The molecular formula is C14H20N4. The van der Waals surface area contributed by atoms with Crippen LogP contribution in [0.15, 0.2) is 30.6 Å². The third-order valence-electron chi connectivity index (χ3n) is 2.92. The highest BCUT2D eigenvalue weighted by Gasteiger charge is 2.14. The quantitative estimate of drug-likeness (QED) is 0.848. The van der Waals surface area contributed by atoms with Crippen LogP contribution in [0.2, 0.25) is 0 Å². The van der Waals surface area contributed by atoms with Gasteiger partial charge in [0.05, 0.1) is 6.04 Å². The molecule has 18 heavy (non-hydrogen) atoms. The van der Waals surface area contributed by atoms with Gasteiger partial charge in [-0.05, 0) is 30.5 Å². The van der Waals surface area contributed by atoms with Gasteiger partial charge in [0.2, 0.25) is 0 Å². The first-order valence-corrected chi connectivity index (χ1v) is 6.32. The lowest BCUT2D eigenvalue weighted by Gasteiger charge is -2.15. The van der Waals surface area contributed by atoms with Crippen molar-refractivity contribution in [2.24, 2.45) is 5.92 Å². The molecule has 1 unspecified atom stereocenters. The Kier molecular flexibility index (Phi) is 4.10. The van der Waals surface area contributed by atoms with Crippen molar-refractivity contribution in [3.8, 4) is 0 Å². The first-order valence-electron chi connectivity index (χ1n) is 6.32. The number of nitrogens with zero attached hydrogens (tertiary/aromatic N) is 2. The van der Waals surface area contributed by atoms with Gasteiger partial charge in [-0.15, -0.1) is 0 Å². The zero-order valence-corrected chi connectivity index (χ0v) is 11.1. The van der Waals surface area contributed by atoms with E-state index in [1.807, 2.05) is 7.05 Å². The lowest BCUT2D eigenvalue weighted by molar-refractivity contribution is 0.634. The van der Waals surface area contributed by atoms with Crippen LogP contribution in [0.25, 0.3) is 0 Å². The minimum atomic E-state index is 0.0691. The second kappa shape index (κ2) is 5.78. The molecule has 0 saturated carbocycles. The Morgan fingerprint density at radius 3 is 2.78 bits per heavy atom. The van der Waals surface area contributed by atoms with Crippen molar-refractivity contribution in [1.82, 2.24) is 20.5 Å². The number of H-pyrrole nitrogens is 1. The number of benzene rings is 1. The van der Waals surface area contributed by atoms with Gasteiger partial charge in [0.15, 0.2) is 0 Å². The van der Waals surface area contributed by atoms with Crippen molar-refractivity contribution in [3.63, 3.8) is 0 Å². The SMILES string of the molecule is CNC(c1cccc(CC(C)C)c1)c1ncn[nH]1. The lowest BCUT2D eigenvalue weighted by atomic mass is 9.98. The standard InChI is InChI=1S/C14H20N4/c1-10(2)7-11-5-4-6-12(8-11)13(15-3)14-16-9-17-18-14/h4-6,8-10,13,15H,7H2,1-3H3,(H,16,17,18). The summed E-state index contributed by atoms with van der Waals surface area (Å²) in [6.45, 7) is 4.47. The minimum Gasteiger partial charge on any atom is -0.307 e. The molecule has 0 bridgehead atoms. The van der Waals surface area contributed by atoms with Crippen LogP contribution in [-0.2, 0) is 6.42 Å². The van der Waals surface area contributed by atoms with Crippen molar-refractivity contribution in [2.45, 2.75) is 26.3 Å². The molecule has 2 N–H and O–H groups in total. The summed E-state index contributed by atoms with van der Waals surface area (Å²) in [5.74, 6) is 1.51. The molecule has 1 heterocycles. The van der Waals surface area contributed by atoms with E-state index in [-0.39, 0.29) is 6.04 Å². The molecule has 0 saturated heterocycles. The Labute approximate surface area is 108 Å². The van der Waals surface area contributed by atoms with Crippen molar-refractivity contribution >= 4 is 0 Å². The Morgan fingerprint density at radius 1 is 1.33 bits per heavy atom. The molecule has 96 valence electrons. The summed E-state index contributed by atoms with van der Waals surface area (Å²) in [7, 11) is 1.93. The largest absolute Gasteiger partial charge is 0.307 e. The molecule has 1 aromatic carbocycles. The summed E-state index contributed by atoms with van der Waals surface area (Å²) in [6.07, 6.45) is 2.64. The maximum Gasteiger partial charge on any atom is 0.145 e. The summed E-state index contributed by atoms with van der Waals surface area (Å²) in [5, 5.41) is 10.1. The van der Waals surface area contributed by atoms with E-state index in [1.54, 1.807) is 0 Å². The van der Waals surface area contributed by atoms with Crippen molar-refractivity contribution in [2.75, 3.05) is 7.05 Å². The predicted molar refractivity (Wildman–Crippen MR) is 72.3 cm³/mol. The highest BCUT2D eigenvalue weighted by molar-refractivity contribution is 5.29. The van der Waals surface area contributed by atoms with Gasteiger partial charge >= 0.3 is 0 Å². The van der Waals surface area contributed by atoms with Crippen LogP contribution in [0, 0.1) is 5.92 Å². The Hall–Kier alpha value is -1.68. The third kappa shape index (κ3) is 2.96. The topological polar surface area (TPSA) is 53.6 Å². The fraction of sp³-hybridized carbons (Fsp3) is 0.429. The van der Waals surface area contributed by atoms with Crippen LogP contribution in [0.5, 0.6) is 0 Å². The van der Waals surface area contributed by atoms with E-state index in [0.29, 0.717) is 5.92 Å². The normalized spacial score (nSPS) is 12.9. The van der Waals surface area contributed by atoms with E-state index in [2.05, 4.69) is 58.6 Å². The van der Waals surface area contributed by atoms with Crippen molar-refractivity contribution in [3.05, 3.63) is 47.5 Å². The molecule has 2 rings (SSSR count). The molecule has 1 aromatic heterocycles. The number of aromatic amines is 1. The number of aromatic nitrogens is 3. The van der Waals surface area contributed by atoms with E-state index in [0.717, 1.165) is 12.2 Å². The second-order valence-electron chi connectivity index (χ2n) is 4.94. The molecule has 0 radical (unpaired) electrons. The maximum atomic E-state index is 4.23. The van der Waals surface area contributed by atoms with Crippen LogP contribution >= 0.6 is 0 Å². The molecule has 0 amide bonds. The fourth-order valence-corrected chi connectivity index (χ4v) is 2.19. The van der Waals surface area contributed by atoms with E-state index in [4.69, 9.17) is 0 Å². The van der Waals surface area contributed by atoms with Gasteiger partial charge in [0.1, 0.15) is 12.2 Å². The molecule has 4 heteroatoms. The lowest BCUT2D eigenvalue weighted by Crippen LogP contribution is -2.19. The molecule has 4 nitrogen and oxygen atoms in total. The predicted octanol–water partition coefficient (Wildman–Crippen LogP) is 2.31. The van der Waals surface area contributed by atoms with E-state index >= 15 is 0 Å². The van der Waals surface area contributed by atoms with Crippen LogP contribution in [0.1, 0.15) is 36.8 Å². The zero-order valence-electron chi connectivity index (χ0n) is 11.1. The Bertz CT molecular complexity index is 476. The van der Waals surface area contributed by atoms with Crippen LogP contribution in [0.3, 0.4) is 0 Å². The van der Waals surface area contributed by atoms with E-state index < -0.39 is 0 Å². The highest BCUT2D eigenvalue weighted by atomic mass is 15.2. The van der Waals surface area contributed by atoms with Gasteiger partial charge in [-0.25, -0.2) is 4.98 Å². The van der Waals surface area contributed by atoms with E-state index in [9.17, 15) is 0 Å². The molecule has 0 aliphatic heterocycles. The van der Waals surface area contributed by atoms with Gasteiger partial charge in [0.25, 0.3) is 0 Å².